The van der Waals surface area contributed by atoms with Crippen molar-refractivity contribution in [1.29, 1.82) is 0 Å². The third-order valence-electron chi connectivity index (χ3n) is 2.61. The normalized spacial score (nSPS) is 12.9. The van der Waals surface area contributed by atoms with Crippen molar-refractivity contribution < 1.29 is 9.47 Å². The molecule has 1 N–H and O–H groups in total. The number of nitrogens with zero attached hydrogens (tertiary/aromatic N) is 3. The Hall–Kier alpha value is -0.980. The third kappa shape index (κ3) is 9.55. The van der Waals surface area contributed by atoms with Crippen molar-refractivity contribution in [1.82, 2.24) is 20.3 Å². The molecular formula is C15H30N4O2. The summed E-state index contributed by atoms with van der Waals surface area (Å²) in [6.45, 7) is 15.9. The van der Waals surface area contributed by atoms with Crippen LogP contribution in [-0.2, 0) is 22.6 Å². The number of ether oxygens (including phenoxy) is 2. The minimum atomic E-state index is -0.160. The molecule has 0 aromatic carbocycles. The number of hydrogen-bond acceptors (Lipinski definition) is 5. The second-order valence-corrected chi connectivity index (χ2v) is 7.16. The lowest BCUT2D eigenvalue weighted by molar-refractivity contribution is -0.0165. The van der Waals surface area contributed by atoms with E-state index in [2.05, 4.69) is 36.4 Å². The average molecular weight is 298 g/mol. The Morgan fingerprint density at radius 2 is 1.86 bits per heavy atom. The zero-order chi connectivity index (χ0) is 15.9. The van der Waals surface area contributed by atoms with Gasteiger partial charge in [-0.05, 0) is 41.5 Å². The van der Waals surface area contributed by atoms with E-state index in [0.717, 1.165) is 12.2 Å². The Balaban J connectivity index is 2.15. The zero-order valence-electron chi connectivity index (χ0n) is 14.3. The predicted octanol–water partition coefficient (Wildman–Crippen LogP) is 2.00. The SMILES string of the molecule is CC(C)(C)NCCOCCn1cc(COC(C)(C)C)nn1. The third-order valence-corrected chi connectivity index (χ3v) is 2.61. The van der Waals surface area contributed by atoms with E-state index in [1.807, 2.05) is 27.0 Å². The summed E-state index contributed by atoms with van der Waals surface area (Å²) in [5, 5.41) is 11.5. The Labute approximate surface area is 128 Å². The molecule has 0 unspecified atom stereocenters. The van der Waals surface area contributed by atoms with Crippen LogP contribution in [-0.4, -0.2) is 45.9 Å². The number of nitrogens with one attached hydrogen (secondary N) is 1. The van der Waals surface area contributed by atoms with Crippen LogP contribution in [0.3, 0.4) is 0 Å². The van der Waals surface area contributed by atoms with Crippen molar-refractivity contribution in [3.8, 4) is 0 Å². The van der Waals surface area contributed by atoms with Crippen LogP contribution in [0.1, 0.15) is 47.2 Å². The summed E-state index contributed by atoms with van der Waals surface area (Å²) in [7, 11) is 0. The van der Waals surface area contributed by atoms with E-state index in [0.29, 0.717) is 26.4 Å². The van der Waals surface area contributed by atoms with Gasteiger partial charge in [0.05, 0.1) is 38.2 Å². The maximum Gasteiger partial charge on any atom is 0.108 e. The smallest absolute Gasteiger partial charge is 0.108 e. The molecule has 0 saturated heterocycles. The largest absolute Gasteiger partial charge is 0.378 e. The minimum absolute atomic E-state index is 0.136. The highest BCUT2D eigenvalue weighted by molar-refractivity contribution is 4.90. The molecule has 0 fully saturated rings. The van der Waals surface area contributed by atoms with Crippen LogP contribution in [0.25, 0.3) is 0 Å². The fourth-order valence-electron chi connectivity index (χ4n) is 1.56. The molecule has 1 aromatic heterocycles. The Morgan fingerprint density at radius 1 is 1.14 bits per heavy atom. The van der Waals surface area contributed by atoms with Crippen molar-refractivity contribution in [3.63, 3.8) is 0 Å². The minimum Gasteiger partial charge on any atom is -0.378 e. The number of aromatic nitrogens is 3. The number of hydrogen-bond donors (Lipinski definition) is 1. The highest BCUT2D eigenvalue weighted by Gasteiger charge is 2.11. The standard InChI is InChI=1S/C15H30N4O2/c1-14(2,3)16-7-9-20-10-8-19-11-13(17-18-19)12-21-15(4,5)6/h11,16H,7-10,12H2,1-6H3. The van der Waals surface area contributed by atoms with Gasteiger partial charge in [0.25, 0.3) is 0 Å². The van der Waals surface area contributed by atoms with E-state index in [4.69, 9.17) is 9.47 Å². The molecule has 6 nitrogen and oxygen atoms in total. The van der Waals surface area contributed by atoms with Crippen LogP contribution in [0, 0.1) is 0 Å². The van der Waals surface area contributed by atoms with Crippen LogP contribution < -0.4 is 5.32 Å². The van der Waals surface area contributed by atoms with Crippen LogP contribution in [0.4, 0.5) is 0 Å². The fraction of sp³-hybridized carbons (Fsp3) is 0.867. The van der Waals surface area contributed by atoms with E-state index >= 15 is 0 Å². The second-order valence-electron chi connectivity index (χ2n) is 7.16. The van der Waals surface area contributed by atoms with Crippen molar-refractivity contribution in [2.45, 2.75) is 65.8 Å². The van der Waals surface area contributed by atoms with Gasteiger partial charge < -0.3 is 14.8 Å². The maximum absolute atomic E-state index is 5.66. The molecule has 122 valence electrons. The number of rotatable bonds is 8. The summed E-state index contributed by atoms with van der Waals surface area (Å²) >= 11 is 0. The van der Waals surface area contributed by atoms with Gasteiger partial charge in [-0.15, -0.1) is 5.10 Å². The first kappa shape index (κ1) is 18.1. The lowest BCUT2D eigenvalue weighted by Crippen LogP contribution is -2.38. The fourth-order valence-corrected chi connectivity index (χ4v) is 1.56. The van der Waals surface area contributed by atoms with Gasteiger partial charge >= 0.3 is 0 Å². The summed E-state index contributed by atoms with van der Waals surface area (Å²) in [4.78, 5) is 0. The van der Waals surface area contributed by atoms with Gasteiger partial charge in [-0.25, -0.2) is 4.68 Å². The highest BCUT2D eigenvalue weighted by Crippen LogP contribution is 2.09. The lowest BCUT2D eigenvalue weighted by Gasteiger charge is -2.20. The molecule has 0 spiro atoms. The van der Waals surface area contributed by atoms with Gasteiger partial charge in [0.1, 0.15) is 5.69 Å². The molecule has 0 saturated carbocycles. The first-order valence-corrected chi connectivity index (χ1v) is 7.51. The quantitative estimate of drug-likeness (QED) is 0.744. The van der Waals surface area contributed by atoms with Crippen LogP contribution in [0.5, 0.6) is 0 Å². The second kappa shape index (κ2) is 7.87. The van der Waals surface area contributed by atoms with Crippen LogP contribution in [0.15, 0.2) is 6.20 Å². The molecule has 6 heteroatoms. The highest BCUT2D eigenvalue weighted by atomic mass is 16.5. The van der Waals surface area contributed by atoms with Gasteiger partial charge in [-0.2, -0.15) is 0 Å². The van der Waals surface area contributed by atoms with Gasteiger partial charge in [0.15, 0.2) is 0 Å². The molecule has 0 aliphatic rings. The summed E-state index contributed by atoms with van der Waals surface area (Å²) in [6.07, 6.45) is 1.91. The Bertz CT molecular complexity index is 405. The lowest BCUT2D eigenvalue weighted by atomic mass is 10.1. The van der Waals surface area contributed by atoms with Gasteiger partial charge in [-0.1, -0.05) is 5.21 Å². The molecule has 1 heterocycles. The monoisotopic (exact) mass is 298 g/mol. The Morgan fingerprint density at radius 3 is 2.48 bits per heavy atom. The van der Waals surface area contributed by atoms with Gasteiger partial charge in [-0.3, -0.25) is 0 Å². The van der Waals surface area contributed by atoms with Crippen molar-refractivity contribution in [3.05, 3.63) is 11.9 Å². The van der Waals surface area contributed by atoms with Crippen molar-refractivity contribution >= 4 is 0 Å². The molecule has 0 aliphatic heterocycles. The Kier molecular flexibility index (Phi) is 6.77. The molecule has 0 aliphatic carbocycles. The van der Waals surface area contributed by atoms with E-state index in [1.165, 1.54) is 0 Å². The molecule has 0 amide bonds. The molecule has 1 aromatic rings. The van der Waals surface area contributed by atoms with Gasteiger partial charge in [0.2, 0.25) is 0 Å². The first-order chi connectivity index (χ1) is 9.66. The molecular weight excluding hydrogens is 268 g/mol. The zero-order valence-corrected chi connectivity index (χ0v) is 14.3. The molecule has 1 rings (SSSR count). The van der Waals surface area contributed by atoms with E-state index in [1.54, 1.807) is 4.68 Å². The molecule has 21 heavy (non-hydrogen) atoms. The van der Waals surface area contributed by atoms with E-state index < -0.39 is 0 Å². The van der Waals surface area contributed by atoms with E-state index in [9.17, 15) is 0 Å². The van der Waals surface area contributed by atoms with Crippen molar-refractivity contribution in [2.24, 2.45) is 0 Å². The summed E-state index contributed by atoms with van der Waals surface area (Å²) < 4.78 is 13.0. The average Bonchev–Trinajstić information content (AvgIpc) is 2.77. The predicted molar refractivity (Wildman–Crippen MR) is 83.1 cm³/mol. The first-order valence-electron chi connectivity index (χ1n) is 7.51. The molecule has 0 atom stereocenters. The van der Waals surface area contributed by atoms with E-state index in [-0.39, 0.29) is 11.1 Å². The maximum atomic E-state index is 5.66. The molecule has 0 bridgehead atoms. The molecule has 0 radical (unpaired) electrons. The van der Waals surface area contributed by atoms with Crippen molar-refractivity contribution in [2.75, 3.05) is 19.8 Å². The summed E-state index contributed by atoms with van der Waals surface area (Å²) in [5.41, 5.74) is 0.823. The van der Waals surface area contributed by atoms with Gasteiger partial charge in [0, 0.05) is 12.1 Å². The topological polar surface area (TPSA) is 61.2 Å². The van der Waals surface area contributed by atoms with Crippen LogP contribution in [0.2, 0.25) is 0 Å². The van der Waals surface area contributed by atoms with Crippen LogP contribution >= 0.6 is 0 Å². The summed E-state index contributed by atoms with van der Waals surface area (Å²) in [5.74, 6) is 0. The summed E-state index contributed by atoms with van der Waals surface area (Å²) in [6, 6.07) is 0.